The van der Waals surface area contributed by atoms with E-state index in [-0.39, 0.29) is 10.6 Å². The molecule has 0 aromatic heterocycles. The summed E-state index contributed by atoms with van der Waals surface area (Å²) in [6.45, 7) is 0. The fourth-order valence-electron chi connectivity index (χ4n) is 1.72. The Morgan fingerprint density at radius 3 is 2.16 bits per heavy atom. The molecule has 0 nitrogen and oxygen atoms in total. The minimum absolute atomic E-state index is 0.219. The molecule has 0 amide bonds. The van der Waals surface area contributed by atoms with E-state index in [0.29, 0.717) is 5.56 Å². The van der Waals surface area contributed by atoms with Crippen LogP contribution in [0.15, 0.2) is 48.5 Å². The van der Waals surface area contributed by atoms with Crippen LogP contribution in [0, 0.1) is 0 Å². The summed E-state index contributed by atoms with van der Waals surface area (Å²) in [5.41, 5.74) is 0.197. The van der Waals surface area contributed by atoms with Crippen LogP contribution in [0.1, 0.15) is 22.1 Å². The molecule has 100 valence electrons. The van der Waals surface area contributed by atoms with E-state index in [1.54, 1.807) is 30.3 Å². The lowest BCUT2D eigenvalue weighted by Crippen LogP contribution is -2.06. The SMILES string of the molecule is FC(F)(F)c1ccc(Cl)c(C(Cl)c2ccccc2)c1. The van der Waals surface area contributed by atoms with Crippen LogP contribution in [0.5, 0.6) is 0 Å². The highest BCUT2D eigenvalue weighted by molar-refractivity contribution is 6.33. The molecule has 5 heteroatoms. The van der Waals surface area contributed by atoms with Crippen molar-refractivity contribution in [1.29, 1.82) is 0 Å². The van der Waals surface area contributed by atoms with E-state index in [2.05, 4.69) is 0 Å². The predicted octanol–water partition coefficient (Wildman–Crippen LogP) is 5.69. The lowest BCUT2D eigenvalue weighted by molar-refractivity contribution is -0.137. The number of halogens is 5. The topological polar surface area (TPSA) is 0 Å². The molecule has 0 heterocycles. The van der Waals surface area contributed by atoms with Crippen molar-refractivity contribution in [2.75, 3.05) is 0 Å². The molecule has 0 saturated heterocycles. The van der Waals surface area contributed by atoms with Gasteiger partial charge in [-0.15, -0.1) is 11.6 Å². The van der Waals surface area contributed by atoms with E-state index < -0.39 is 17.1 Å². The monoisotopic (exact) mass is 304 g/mol. The highest BCUT2D eigenvalue weighted by atomic mass is 35.5. The summed E-state index contributed by atoms with van der Waals surface area (Å²) in [5.74, 6) is 0. The third-order valence-electron chi connectivity index (χ3n) is 2.69. The van der Waals surface area contributed by atoms with Crippen LogP contribution in [0.4, 0.5) is 13.2 Å². The van der Waals surface area contributed by atoms with Gasteiger partial charge in [-0.3, -0.25) is 0 Å². The van der Waals surface area contributed by atoms with Crippen LogP contribution in [0.25, 0.3) is 0 Å². The summed E-state index contributed by atoms with van der Waals surface area (Å²) in [6.07, 6.45) is -4.41. The molecule has 1 unspecified atom stereocenters. The molecule has 2 aromatic carbocycles. The van der Waals surface area contributed by atoms with Crippen LogP contribution in [0.2, 0.25) is 5.02 Å². The van der Waals surface area contributed by atoms with Crippen molar-refractivity contribution in [3.8, 4) is 0 Å². The Morgan fingerprint density at radius 1 is 0.947 bits per heavy atom. The first-order chi connectivity index (χ1) is 8.89. The van der Waals surface area contributed by atoms with E-state index >= 15 is 0 Å². The maximum atomic E-state index is 12.7. The molecule has 0 bridgehead atoms. The summed E-state index contributed by atoms with van der Waals surface area (Å²) in [6, 6.07) is 12.0. The zero-order valence-electron chi connectivity index (χ0n) is 9.59. The lowest BCUT2D eigenvalue weighted by Gasteiger charge is -2.15. The molecular formula is C14H9Cl2F3. The Kier molecular flexibility index (Phi) is 4.07. The average Bonchev–Trinajstić information content (AvgIpc) is 2.38. The quantitative estimate of drug-likeness (QED) is 0.625. The van der Waals surface area contributed by atoms with Gasteiger partial charge in [0.25, 0.3) is 0 Å². The van der Waals surface area contributed by atoms with Crippen LogP contribution in [-0.2, 0) is 6.18 Å². The molecule has 19 heavy (non-hydrogen) atoms. The van der Waals surface area contributed by atoms with Crippen molar-refractivity contribution in [3.63, 3.8) is 0 Å². The zero-order valence-corrected chi connectivity index (χ0v) is 11.1. The maximum absolute atomic E-state index is 12.7. The van der Waals surface area contributed by atoms with E-state index in [4.69, 9.17) is 23.2 Å². The van der Waals surface area contributed by atoms with Gasteiger partial charge in [0.1, 0.15) is 0 Å². The first-order valence-electron chi connectivity index (χ1n) is 5.45. The Hall–Kier alpha value is -1.19. The van der Waals surface area contributed by atoms with Gasteiger partial charge in [-0.05, 0) is 29.3 Å². The fourth-order valence-corrected chi connectivity index (χ4v) is 2.32. The van der Waals surface area contributed by atoms with Crippen LogP contribution < -0.4 is 0 Å². The Labute approximate surface area is 118 Å². The number of alkyl halides is 4. The fraction of sp³-hybridized carbons (Fsp3) is 0.143. The second kappa shape index (κ2) is 5.43. The molecule has 0 saturated carbocycles. The molecule has 0 N–H and O–H groups in total. The van der Waals surface area contributed by atoms with Crippen LogP contribution in [0.3, 0.4) is 0 Å². The molecular weight excluding hydrogens is 296 g/mol. The number of hydrogen-bond acceptors (Lipinski definition) is 0. The van der Waals surface area contributed by atoms with Crippen molar-refractivity contribution in [2.24, 2.45) is 0 Å². The second-order valence-electron chi connectivity index (χ2n) is 4.01. The standard InChI is InChI=1S/C14H9Cl2F3/c15-12-7-6-10(14(17,18)19)8-11(12)13(16)9-4-2-1-3-5-9/h1-8,13H. The van der Waals surface area contributed by atoms with Gasteiger partial charge in [0.2, 0.25) is 0 Å². The third kappa shape index (κ3) is 3.23. The minimum atomic E-state index is -4.41. The van der Waals surface area contributed by atoms with Crippen molar-refractivity contribution in [3.05, 3.63) is 70.2 Å². The van der Waals surface area contributed by atoms with Crippen LogP contribution >= 0.6 is 23.2 Å². The van der Waals surface area contributed by atoms with Crippen LogP contribution in [-0.4, -0.2) is 0 Å². The molecule has 0 radical (unpaired) electrons. The smallest absolute Gasteiger partial charge is 0.166 e. The highest BCUT2D eigenvalue weighted by Gasteiger charge is 2.31. The van der Waals surface area contributed by atoms with E-state index in [9.17, 15) is 13.2 Å². The number of hydrogen-bond donors (Lipinski definition) is 0. The van der Waals surface area contributed by atoms with E-state index in [0.717, 1.165) is 12.1 Å². The summed E-state index contributed by atoms with van der Waals surface area (Å²) in [7, 11) is 0. The number of rotatable bonds is 2. The van der Waals surface area contributed by atoms with E-state index in [1.165, 1.54) is 6.07 Å². The molecule has 0 spiro atoms. The molecule has 0 aliphatic carbocycles. The summed E-state index contributed by atoms with van der Waals surface area (Å²) >= 11 is 12.1. The molecule has 0 aliphatic rings. The Morgan fingerprint density at radius 2 is 1.58 bits per heavy atom. The van der Waals surface area contributed by atoms with Gasteiger partial charge in [0, 0.05) is 5.02 Å². The Balaban J connectivity index is 2.45. The molecule has 2 aromatic rings. The second-order valence-corrected chi connectivity index (χ2v) is 4.85. The molecule has 1 atom stereocenters. The van der Waals surface area contributed by atoms with Crippen molar-refractivity contribution < 1.29 is 13.2 Å². The van der Waals surface area contributed by atoms with Gasteiger partial charge in [-0.25, -0.2) is 0 Å². The van der Waals surface area contributed by atoms with E-state index in [1.807, 2.05) is 0 Å². The van der Waals surface area contributed by atoms with Gasteiger partial charge in [0.15, 0.2) is 0 Å². The maximum Gasteiger partial charge on any atom is 0.416 e. The summed E-state index contributed by atoms with van der Waals surface area (Å²) in [4.78, 5) is 0. The largest absolute Gasteiger partial charge is 0.416 e. The van der Waals surface area contributed by atoms with Gasteiger partial charge < -0.3 is 0 Å². The first kappa shape index (κ1) is 14.2. The Bertz CT molecular complexity index is 565. The molecule has 0 aliphatic heterocycles. The van der Waals surface area contributed by atoms with Gasteiger partial charge >= 0.3 is 6.18 Å². The normalized spacial score (nSPS) is 13.3. The highest BCUT2D eigenvalue weighted by Crippen LogP contribution is 2.38. The van der Waals surface area contributed by atoms with Gasteiger partial charge in [-0.1, -0.05) is 41.9 Å². The zero-order chi connectivity index (χ0) is 14.0. The number of benzene rings is 2. The minimum Gasteiger partial charge on any atom is -0.166 e. The summed E-state index contributed by atoms with van der Waals surface area (Å²) < 4.78 is 38.0. The van der Waals surface area contributed by atoms with Crippen molar-refractivity contribution >= 4 is 23.2 Å². The predicted molar refractivity (Wildman–Crippen MR) is 70.6 cm³/mol. The summed E-state index contributed by atoms with van der Waals surface area (Å²) in [5, 5.41) is -0.493. The van der Waals surface area contributed by atoms with Crippen molar-refractivity contribution in [1.82, 2.24) is 0 Å². The lowest BCUT2D eigenvalue weighted by atomic mass is 10.0. The third-order valence-corrected chi connectivity index (χ3v) is 3.52. The average molecular weight is 305 g/mol. The molecule has 2 rings (SSSR count). The van der Waals surface area contributed by atoms with Crippen molar-refractivity contribution in [2.45, 2.75) is 11.6 Å². The van der Waals surface area contributed by atoms with Gasteiger partial charge in [0.05, 0.1) is 10.9 Å². The molecule has 0 fully saturated rings. The van der Waals surface area contributed by atoms with Gasteiger partial charge in [-0.2, -0.15) is 13.2 Å². The first-order valence-corrected chi connectivity index (χ1v) is 6.26.